The molecular weight excluding hydrogens is 354 g/mol. The van der Waals surface area contributed by atoms with Gasteiger partial charge in [0, 0.05) is 51.3 Å². The van der Waals surface area contributed by atoms with Gasteiger partial charge in [-0.15, -0.1) is 11.8 Å². The highest BCUT2D eigenvalue weighted by atomic mass is 32.2. The number of fused-ring (bicyclic) bond motifs is 1. The van der Waals surface area contributed by atoms with Crippen LogP contribution in [0.15, 0.2) is 40.1 Å². The minimum Gasteiger partial charge on any atom is -0.361 e. The molecule has 0 bridgehead atoms. The minimum absolute atomic E-state index is 0.00855. The van der Waals surface area contributed by atoms with Crippen molar-refractivity contribution in [2.45, 2.75) is 42.5 Å². The van der Waals surface area contributed by atoms with E-state index in [-0.39, 0.29) is 11.7 Å². The fraction of sp³-hybridized carbons (Fsp3) is 0.421. The molecule has 1 aliphatic carbocycles. The first kappa shape index (κ1) is 16.0. The molecule has 0 amide bonds. The Morgan fingerprint density at radius 1 is 1.16 bits per heavy atom. The van der Waals surface area contributed by atoms with Gasteiger partial charge in [-0.05, 0) is 30.4 Å². The normalized spacial score (nSPS) is 27.1. The average molecular weight is 373 g/mol. The van der Waals surface area contributed by atoms with Gasteiger partial charge < -0.3 is 15.5 Å². The number of carbonyl (C=O) groups is 1. The van der Waals surface area contributed by atoms with E-state index in [1.54, 1.807) is 0 Å². The number of ketones is 1. The largest absolute Gasteiger partial charge is 0.361 e. The van der Waals surface area contributed by atoms with Crippen molar-refractivity contribution in [3.63, 3.8) is 0 Å². The maximum atomic E-state index is 12.7. The number of nitrogens with one attached hydrogen (secondary N) is 1. The maximum Gasteiger partial charge on any atom is 0.241 e. The lowest BCUT2D eigenvalue weighted by Gasteiger charge is -2.33. The molecule has 1 atom stereocenters. The maximum absolute atomic E-state index is 12.7. The lowest BCUT2D eigenvalue weighted by molar-refractivity contribution is -0.116. The van der Waals surface area contributed by atoms with Gasteiger partial charge in [0.05, 0.1) is 0 Å². The molecule has 1 aromatic carbocycles. The molecule has 25 heavy (non-hydrogen) atoms. The van der Waals surface area contributed by atoms with E-state index in [9.17, 15) is 15.0 Å². The standard InChI is InChI=1S/C19H19NO3S2/c21-15-3-1-2-13-17(15)16(18-14(20-13)6-7-24-18)10-4-5-12-11(8-10)9-25-19(12,22)23/h4-5,8,16,20,22-23H,1-3,6-7,9H2. The highest BCUT2D eigenvalue weighted by Crippen LogP contribution is 2.51. The minimum atomic E-state index is -1.79. The first-order valence-electron chi connectivity index (χ1n) is 8.66. The molecule has 0 saturated carbocycles. The van der Waals surface area contributed by atoms with Crippen LogP contribution >= 0.6 is 23.5 Å². The molecule has 130 valence electrons. The Labute approximate surface area is 154 Å². The van der Waals surface area contributed by atoms with Crippen LogP contribution in [0.1, 0.15) is 48.3 Å². The molecule has 3 N–H and O–H groups in total. The van der Waals surface area contributed by atoms with Crippen LogP contribution < -0.4 is 5.32 Å². The zero-order chi connectivity index (χ0) is 17.2. The number of aliphatic hydroxyl groups is 2. The summed E-state index contributed by atoms with van der Waals surface area (Å²) < 4.78 is 0. The van der Waals surface area contributed by atoms with E-state index in [0.29, 0.717) is 17.7 Å². The van der Waals surface area contributed by atoms with Crippen molar-refractivity contribution < 1.29 is 15.0 Å². The summed E-state index contributed by atoms with van der Waals surface area (Å²) in [6.07, 6.45) is 3.52. The molecule has 3 heterocycles. The van der Waals surface area contributed by atoms with Gasteiger partial charge in [-0.2, -0.15) is 0 Å². The third kappa shape index (κ3) is 2.42. The second-order valence-electron chi connectivity index (χ2n) is 6.98. The molecular formula is C19H19NO3S2. The Hall–Kier alpha value is -1.21. The third-order valence-electron chi connectivity index (χ3n) is 5.46. The summed E-state index contributed by atoms with van der Waals surface area (Å²) >= 11 is 2.98. The number of dihydropyridines is 1. The number of hydrogen-bond acceptors (Lipinski definition) is 6. The van der Waals surface area contributed by atoms with Crippen LogP contribution in [0.25, 0.3) is 0 Å². The molecule has 5 rings (SSSR count). The second kappa shape index (κ2) is 5.64. The molecule has 4 aliphatic rings. The van der Waals surface area contributed by atoms with Gasteiger partial charge in [-0.3, -0.25) is 4.79 Å². The van der Waals surface area contributed by atoms with Crippen LogP contribution in [0, 0.1) is 0 Å². The van der Waals surface area contributed by atoms with E-state index in [0.717, 1.165) is 59.2 Å². The summed E-state index contributed by atoms with van der Waals surface area (Å²) in [7, 11) is 0. The molecule has 6 heteroatoms. The molecule has 0 fully saturated rings. The van der Waals surface area contributed by atoms with Gasteiger partial charge in [0.2, 0.25) is 5.12 Å². The van der Waals surface area contributed by atoms with Crippen molar-refractivity contribution in [1.29, 1.82) is 0 Å². The zero-order valence-electron chi connectivity index (χ0n) is 13.7. The van der Waals surface area contributed by atoms with Crippen LogP contribution in [-0.4, -0.2) is 21.7 Å². The SMILES string of the molecule is O=C1CCCC2=C1C(c1ccc3c(c1)CSC3(O)O)C1=C(CCS1)N2. The number of hydrogen-bond donors (Lipinski definition) is 3. The molecule has 0 radical (unpaired) electrons. The van der Waals surface area contributed by atoms with Crippen LogP contribution in [0.2, 0.25) is 0 Å². The summed E-state index contributed by atoms with van der Waals surface area (Å²) in [5.74, 6) is 1.90. The van der Waals surface area contributed by atoms with Gasteiger partial charge >= 0.3 is 0 Å². The Balaban J connectivity index is 1.64. The Bertz CT molecular complexity index is 856. The highest BCUT2D eigenvalue weighted by molar-refractivity contribution is 8.03. The molecule has 1 aromatic rings. The van der Waals surface area contributed by atoms with E-state index in [4.69, 9.17) is 0 Å². The summed E-state index contributed by atoms with van der Waals surface area (Å²) in [4.78, 5) is 14.0. The predicted octanol–water partition coefficient (Wildman–Crippen LogP) is 3.07. The summed E-state index contributed by atoms with van der Waals surface area (Å²) in [5, 5.41) is 21.9. The number of benzene rings is 1. The van der Waals surface area contributed by atoms with E-state index < -0.39 is 5.12 Å². The zero-order valence-corrected chi connectivity index (χ0v) is 15.3. The van der Waals surface area contributed by atoms with Crippen molar-refractivity contribution in [3.05, 3.63) is 56.8 Å². The van der Waals surface area contributed by atoms with Crippen molar-refractivity contribution in [3.8, 4) is 0 Å². The van der Waals surface area contributed by atoms with E-state index in [2.05, 4.69) is 11.4 Å². The Morgan fingerprint density at radius 2 is 2.04 bits per heavy atom. The van der Waals surface area contributed by atoms with Crippen molar-refractivity contribution in [2.75, 3.05) is 5.75 Å². The molecule has 4 nitrogen and oxygen atoms in total. The molecule has 3 aliphatic heterocycles. The van der Waals surface area contributed by atoms with Gasteiger partial charge in [0.15, 0.2) is 5.78 Å². The molecule has 0 spiro atoms. The van der Waals surface area contributed by atoms with Crippen LogP contribution in [-0.2, 0) is 15.7 Å². The van der Waals surface area contributed by atoms with Gasteiger partial charge in [-0.25, -0.2) is 0 Å². The third-order valence-corrected chi connectivity index (χ3v) is 7.74. The number of rotatable bonds is 1. The lowest BCUT2D eigenvalue weighted by Crippen LogP contribution is -2.30. The number of allylic oxidation sites excluding steroid dienone is 4. The van der Waals surface area contributed by atoms with Crippen molar-refractivity contribution >= 4 is 29.3 Å². The van der Waals surface area contributed by atoms with Crippen LogP contribution in [0.5, 0.6) is 0 Å². The summed E-state index contributed by atoms with van der Waals surface area (Å²) in [6.45, 7) is 0. The number of Topliss-reactive ketones (excluding diaryl/α,β-unsaturated/α-hetero) is 1. The lowest BCUT2D eigenvalue weighted by atomic mass is 9.78. The van der Waals surface area contributed by atoms with Crippen LogP contribution in [0.3, 0.4) is 0 Å². The van der Waals surface area contributed by atoms with E-state index in [1.807, 2.05) is 23.9 Å². The van der Waals surface area contributed by atoms with Crippen molar-refractivity contribution in [2.24, 2.45) is 0 Å². The highest BCUT2D eigenvalue weighted by Gasteiger charge is 2.40. The molecule has 1 unspecified atom stereocenters. The van der Waals surface area contributed by atoms with E-state index in [1.165, 1.54) is 10.6 Å². The predicted molar refractivity (Wildman–Crippen MR) is 99.7 cm³/mol. The first-order valence-corrected chi connectivity index (χ1v) is 10.6. The monoisotopic (exact) mass is 373 g/mol. The Morgan fingerprint density at radius 3 is 2.92 bits per heavy atom. The van der Waals surface area contributed by atoms with Crippen LogP contribution in [0.4, 0.5) is 0 Å². The van der Waals surface area contributed by atoms with Gasteiger partial charge in [-0.1, -0.05) is 30.0 Å². The summed E-state index contributed by atoms with van der Waals surface area (Å²) in [6, 6.07) is 5.86. The summed E-state index contributed by atoms with van der Waals surface area (Å²) in [5.41, 5.74) is 5.95. The fourth-order valence-corrected chi connectivity index (χ4v) is 6.53. The Kier molecular flexibility index (Phi) is 3.61. The molecule has 0 saturated heterocycles. The molecule has 0 aromatic heterocycles. The number of carbonyl (C=O) groups excluding carboxylic acids is 1. The topological polar surface area (TPSA) is 69.6 Å². The fourth-order valence-electron chi connectivity index (χ4n) is 4.30. The number of thioether (sulfide) groups is 2. The van der Waals surface area contributed by atoms with E-state index >= 15 is 0 Å². The quantitative estimate of drug-likeness (QED) is 0.658. The first-order chi connectivity index (χ1) is 12.0. The smallest absolute Gasteiger partial charge is 0.241 e. The van der Waals surface area contributed by atoms with Gasteiger partial charge in [0.1, 0.15) is 0 Å². The second-order valence-corrected chi connectivity index (χ2v) is 9.27. The van der Waals surface area contributed by atoms with Gasteiger partial charge in [0.25, 0.3) is 0 Å². The average Bonchev–Trinajstić information content (AvgIpc) is 3.17. The van der Waals surface area contributed by atoms with Crippen molar-refractivity contribution in [1.82, 2.24) is 5.32 Å².